The summed E-state index contributed by atoms with van der Waals surface area (Å²) in [5.41, 5.74) is 3.56. The zero-order valence-electron chi connectivity index (χ0n) is 30.0. The molecule has 0 unspecified atom stereocenters. The summed E-state index contributed by atoms with van der Waals surface area (Å²) in [4.78, 5) is 10.4. The van der Waals surface area contributed by atoms with Gasteiger partial charge in [0.15, 0.2) is 0 Å². The van der Waals surface area contributed by atoms with Gasteiger partial charge in [0.25, 0.3) is 0 Å². The van der Waals surface area contributed by atoms with Gasteiger partial charge in [0, 0.05) is 22.3 Å². The number of hydrogen-bond acceptors (Lipinski definition) is 4. The highest BCUT2D eigenvalue weighted by atomic mass is 31.1. The highest BCUT2D eigenvalue weighted by Crippen LogP contribution is 2.44. The van der Waals surface area contributed by atoms with Gasteiger partial charge in [0.05, 0.1) is 11.1 Å². The van der Waals surface area contributed by atoms with Gasteiger partial charge in [-0.1, -0.05) is 146 Å². The molecule has 2 aliphatic rings. The highest BCUT2D eigenvalue weighted by molar-refractivity contribution is 7.80. The van der Waals surface area contributed by atoms with Crippen LogP contribution in [0.3, 0.4) is 0 Å². The number of ether oxygens (including phenoxy) is 2. The molecule has 0 saturated heterocycles. The highest BCUT2D eigenvalue weighted by Gasteiger charge is 2.36. The van der Waals surface area contributed by atoms with E-state index in [1.54, 1.807) is 0 Å². The second kappa shape index (κ2) is 14.3. The zero-order valence-corrected chi connectivity index (χ0v) is 31.8. The van der Waals surface area contributed by atoms with Crippen molar-refractivity contribution in [2.24, 2.45) is 9.98 Å². The Hall–Kier alpha value is -4.88. The monoisotopic (exact) mass is 716 g/mol. The topological polar surface area (TPSA) is 43.2 Å². The molecule has 2 heterocycles. The Morgan fingerprint density at radius 2 is 0.712 bits per heavy atom. The maximum atomic E-state index is 6.53. The molecule has 0 radical (unpaired) electrons. The van der Waals surface area contributed by atoms with E-state index in [-0.39, 0.29) is 11.1 Å². The summed E-state index contributed by atoms with van der Waals surface area (Å²) in [6, 6.07) is 57.1. The third-order valence-electron chi connectivity index (χ3n) is 9.27. The molecule has 0 fully saturated rings. The molecule has 2 aliphatic heterocycles. The Labute approximate surface area is 309 Å². The predicted molar refractivity (Wildman–Crippen MR) is 222 cm³/mol. The van der Waals surface area contributed by atoms with Gasteiger partial charge in [-0.05, 0) is 87.5 Å². The molecular weight excluding hydrogens is 674 g/mol. The molecule has 0 aromatic heterocycles. The lowest BCUT2D eigenvalue weighted by molar-refractivity contribution is 0.279. The standard InChI is InChI=1S/C46H42N2O2P2/c1-45(2)31-49-43(47-45)37-27-17-29-39(51(33-19-9-5-10-20-33)34-21-11-6-12-22-34)41(37)42-38(44-48-46(3,4)32-50-44)28-18-30-40(42)52(35-23-13-7-14-24-35)36-25-15-8-16-26-36/h5-30H,31-32H2,1-4H3. The minimum Gasteiger partial charge on any atom is -0.475 e. The van der Waals surface area contributed by atoms with Crippen molar-refractivity contribution < 1.29 is 9.47 Å². The lowest BCUT2D eigenvalue weighted by Gasteiger charge is -2.29. The van der Waals surface area contributed by atoms with Gasteiger partial charge in [-0.25, -0.2) is 9.98 Å². The molecule has 52 heavy (non-hydrogen) atoms. The molecule has 0 bridgehead atoms. The van der Waals surface area contributed by atoms with Gasteiger partial charge >= 0.3 is 0 Å². The fourth-order valence-electron chi connectivity index (χ4n) is 6.94. The molecule has 0 spiro atoms. The lowest BCUT2D eigenvalue weighted by atomic mass is 9.94. The largest absolute Gasteiger partial charge is 0.475 e. The van der Waals surface area contributed by atoms with Crippen molar-refractivity contribution >= 4 is 59.5 Å². The molecule has 0 atom stereocenters. The summed E-state index contributed by atoms with van der Waals surface area (Å²) >= 11 is 0. The van der Waals surface area contributed by atoms with Gasteiger partial charge in [0.2, 0.25) is 11.8 Å². The van der Waals surface area contributed by atoms with E-state index < -0.39 is 15.8 Å². The number of rotatable bonds is 9. The number of hydrogen-bond donors (Lipinski definition) is 0. The Morgan fingerprint density at radius 1 is 0.404 bits per heavy atom. The second-order valence-corrected chi connectivity index (χ2v) is 18.8. The van der Waals surface area contributed by atoms with Crippen LogP contribution in [0.15, 0.2) is 168 Å². The van der Waals surface area contributed by atoms with Gasteiger partial charge < -0.3 is 9.47 Å². The summed E-state index contributed by atoms with van der Waals surface area (Å²) < 4.78 is 13.1. The van der Waals surface area contributed by atoms with Crippen LogP contribution in [0.1, 0.15) is 38.8 Å². The van der Waals surface area contributed by atoms with Gasteiger partial charge in [-0.3, -0.25) is 0 Å². The summed E-state index contributed by atoms with van der Waals surface area (Å²) in [5.74, 6) is 1.36. The second-order valence-electron chi connectivity index (χ2n) is 14.4. The summed E-state index contributed by atoms with van der Waals surface area (Å²) in [7, 11) is -2.03. The first-order chi connectivity index (χ1) is 25.3. The summed E-state index contributed by atoms with van der Waals surface area (Å²) in [6.07, 6.45) is 0. The maximum Gasteiger partial charge on any atom is 0.217 e. The molecule has 4 nitrogen and oxygen atoms in total. The number of nitrogens with zero attached hydrogens (tertiary/aromatic N) is 2. The van der Waals surface area contributed by atoms with Crippen LogP contribution in [-0.2, 0) is 9.47 Å². The van der Waals surface area contributed by atoms with E-state index in [2.05, 4.69) is 185 Å². The summed E-state index contributed by atoms with van der Waals surface area (Å²) in [6.45, 7) is 9.59. The Bertz CT molecular complexity index is 2010. The Balaban J connectivity index is 1.52. The van der Waals surface area contributed by atoms with Gasteiger partial charge in [-0.15, -0.1) is 0 Å². The van der Waals surface area contributed by atoms with Crippen LogP contribution in [0.25, 0.3) is 11.1 Å². The van der Waals surface area contributed by atoms with Crippen LogP contribution < -0.4 is 31.8 Å². The molecule has 6 heteroatoms. The molecular formula is C46H42N2O2P2. The predicted octanol–water partition coefficient (Wildman–Crippen LogP) is 7.98. The van der Waals surface area contributed by atoms with Crippen LogP contribution in [0.5, 0.6) is 0 Å². The van der Waals surface area contributed by atoms with Gasteiger partial charge in [0.1, 0.15) is 13.2 Å². The first-order valence-corrected chi connectivity index (χ1v) is 20.5. The van der Waals surface area contributed by atoms with E-state index in [1.165, 1.54) is 31.8 Å². The lowest BCUT2D eigenvalue weighted by Crippen LogP contribution is -2.28. The van der Waals surface area contributed by atoms with E-state index in [1.807, 2.05) is 0 Å². The minimum absolute atomic E-state index is 0.335. The van der Waals surface area contributed by atoms with Crippen molar-refractivity contribution in [2.75, 3.05) is 13.2 Å². The molecule has 0 amide bonds. The van der Waals surface area contributed by atoms with Crippen molar-refractivity contribution in [3.8, 4) is 11.1 Å². The Kier molecular flexibility index (Phi) is 9.39. The van der Waals surface area contributed by atoms with Crippen LogP contribution in [0, 0.1) is 0 Å². The third-order valence-corrected chi connectivity index (χ3v) is 14.2. The average Bonchev–Trinajstić information content (AvgIpc) is 3.73. The fourth-order valence-corrected chi connectivity index (χ4v) is 11.9. The first kappa shape index (κ1) is 34.2. The van der Waals surface area contributed by atoms with Crippen molar-refractivity contribution in [1.82, 2.24) is 0 Å². The summed E-state index contributed by atoms with van der Waals surface area (Å²) in [5, 5.41) is 7.59. The quantitative estimate of drug-likeness (QED) is 0.143. The zero-order chi connectivity index (χ0) is 35.7. The molecule has 6 aromatic rings. The van der Waals surface area contributed by atoms with Crippen LogP contribution in [0.2, 0.25) is 0 Å². The van der Waals surface area contributed by atoms with Crippen LogP contribution >= 0.6 is 15.8 Å². The van der Waals surface area contributed by atoms with E-state index in [0.29, 0.717) is 25.0 Å². The normalized spacial score (nSPS) is 16.0. The van der Waals surface area contributed by atoms with Crippen molar-refractivity contribution in [3.63, 3.8) is 0 Å². The van der Waals surface area contributed by atoms with E-state index >= 15 is 0 Å². The SMILES string of the molecule is CC1(C)COC(c2cccc(P(c3ccccc3)c3ccccc3)c2-c2c(C3=NC(C)(C)CO3)cccc2P(c2ccccc2)c2ccccc2)=N1. The molecule has 6 aromatic carbocycles. The van der Waals surface area contributed by atoms with Crippen molar-refractivity contribution in [2.45, 2.75) is 38.8 Å². The molecule has 258 valence electrons. The Morgan fingerprint density at radius 3 is 0.981 bits per heavy atom. The van der Waals surface area contributed by atoms with Crippen LogP contribution in [0.4, 0.5) is 0 Å². The third kappa shape index (κ3) is 6.86. The molecule has 8 rings (SSSR count). The maximum absolute atomic E-state index is 6.53. The van der Waals surface area contributed by atoms with Crippen molar-refractivity contribution in [1.29, 1.82) is 0 Å². The van der Waals surface area contributed by atoms with E-state index in [0.717, 1.165) is 22.3 Å². The van der Waals surface area contributed by atoms with Crippen molar-refractivity contribution in [3.05, 3.63) is 169 Å². The molecule has 0 N–H and O–H groups in total. The van der Waals surface area contributed by atoms with Crippen LogP contribution in [-0.4, -0.2) is 36.1 Å². The van der Waals surface area contributed by atoms with Gasteiger partial charge in [-0.2, -0.15) is 0 Å². The van der Waals surface area contributed by atoms with E-state index in [4.69, 9.17) is 19.5 Å². The fraction of sp³-hybridized carbons (Fsp3) is 0.174. The average molecular weight is 717 g/mol. The first-order valence-electron chi connectivity index (χ1n) is 17.8. The number of benzene rings is 6. The minimum atomic E-state index is -1.01. The smallest absolute Gasteiger partial charge is 0.217 e. The van der Waals surface area contributed by atoms with E-state index in [9.17, 15) is 0 Å². The molecule has 0 saturated carbocycles. The number of aliphatic imine (C=N–C) groups is 2. The molecule has 0 aliphatic carbocycles.